The fourth-order valence-corrected chi connectivity index (χ4v) is 6.12. The van der Waals surface area contributed by atoms with E-state index in [9.17, 15) is 5.11 Å². The number of hydrogen-bond donors (Lipinski definition) is 1. The van der Waals surface area contributed by atoms with E-state index in [1.807, 2.05) is 12.2 Å². The van der Waals surface area contributed by atoms with E-state index in [2.05, 4.69) is 27.0 Å². The van der Waals surface area contributed by atoms with Crippen molar-refractivity contribution in [2.45, 2.75) is 64.3 Å². The number of rotatable bonds is 7. The van der Waals surface area contributed by atoms with Gasteiger partial charge in [0.1, 0.15) is 0 Å². The van der Waals surface area contributed by atoms with Crippen molar-refractivity contribution in [3.8, 4) is 0 Å². The third-order valence-electron chi connectivity index (χ3n) is 7.83. The van der Waals surface area contributed by atoms with Crippen LogP contribution in [0.15, 0.2) is 36.5 Å². The van der Waals surface area contributed by atoms with E-state index in [1.165, 1.54) is 0 Å². The van der Waals surface area contributed by atoms with Crippen molar-refractivity contribution in [1.82, 2.24) is 0 Å². The normalized spacial score (nSPS) is 45.1. The summed E-state index contributed by atoms with van der Waals surface area (Å²) in [6.07, 6.45) is 5.56. The summed E-state index contributed by atoms with van der Waals surface area (Å²) < 4.78 is 23.8. The van der Waals surface area contributed by atoms with Crippen LogP contribution in [-0.4, -0.2) is 51.2 Å². The number of allylic oxidation sites excluding steroid dienone is 2. The minimum atomic E-state index is -0.533. The highest BCUT2D eigenvalue weighted by molar-refractivity contribution is 5.34. The Bertz CT molecular complexity index is 643. The number of ether oxygens (including phenoxy) is 4. The number of aliphatic hydroxyl groups is 1. The number of aliphatic hydroxyl groups excluding tert-OH is 1. The van der Waals surface area contributed by atoms with Crippen molar-refractivity contribution in [2.24, 2.45) is 22.7 Å². The van der Waals surface area contributed by atoms with Gasteiger partial charge in [0, 0.05) is 21.3 Å². The minimum absolute atomic E-state index is 0.0375. The highest BCUT2D eigenvalue weighted by Gasteiger charge is 2.70. The van der Waals surface area contributed by atoms with Crippen LogP contribution < -0.4 is 0 Å². The second kappa shape index (κ2) is 8.04. The molecule has 0 radical (unpaired) electrons. The maximum Gasteiger partial charge on any atom is 0.183 e. The molecule has 2 fully saturated rings. The largest absolute Gasteiger partial charge is 0.389 e. The van der Waals surface area contributed by atoms with Crippen LogP contribution in [0.4, 0.5) is 0 Å². The van der Waals surface area contributed by atoms with Crippen molar-refractivity contribution < 1.29 is 24.1 Å². The van der Waals surface area contributed by atoms with Gasteiger partial charge in [-0.2, -0.15) is 0 Å². The zero-order chi connectivity index (χ0) is 20.7. The first kappa shape index (κ1) is 21.7. The molecule has 0 aromatic carbocycles. The van der Waals surface area contributed by atoms with Crippen molar-refractivity contribution in [3.05, 3.63) is 36.5 Å². The van der Waals surface area contributed by atoms with Crippen LogP contribution in [0.5, 0.6) is 0 Å². The van der Waals surface area contributed by atoms with Crippen LogP contribution in [0.25, 0.3) is 0 Å². The van der Waals surface area contributed by atoms with Crippen LogP contribution in [0.1, 0.15) is 39.5 Å². The average Bonchev–Trinajstić information content (AvgIpc) is 3.01. The molecule has 0 aromatic rings. The second-order valence-corrected chi connectivity index (χ2v) is 8.91. The monoisotopic (exact) mass is 392 g/mol. The average molecular weight is 393 g/mol. The van der Waals surface area contributed by atoms with E-state index in [0.29, 0.717) is 12.3 Å². The van der Waals surface area contributed by atoms with E-state index < -0.39 is 24.1 Å². The molecular formula is C23H36O5. The Morgan fingerprint density at radius 2 is 2.00 bits per heavy atom. The summed E-state index contributed by atoms with van der Waals surface area (Å²) in [6.45, 7) is 12.6. The highest BCUT2D eigenvalue weighted by Crippen LogP contribution is 2.67. The first-order valence-electron chi connectivity index (χ1n) is 10.2. The highest BCUT2D eigenvalue weighted by atomic mass is 16.8. The zero-order valence-corrected chi connectivity index (χ0v) is 17.9. The molecule has 5 heteroatoms. The summed E-state index contributed by atoms with van der Waals surface area (Å²) in [4.78, 5) is 0. The molecule has 1 spiro atoms. The standard InChI is InChI=1S/C23H36O5/c1-8-14(2)9-10-22(4)15(3)11-19(25-5)23-17(12-16(24)13-18(22)23)20(26-6)28-21(23)27-7/h8,12,15-16,18-21,24H,1-2,9-11,13H2,3-7H3/t15-,16-,18+,19+,20+,21-,22-,23?/m1/s1. The molecule has 2 aliphatic carbocycles. The van der Waals surface area contributed by atoms with Gasteiger partial charge >= 0.3 is 0 Å². The molecule has 1 saturated carbocycles. The molecule has 0 aromatic heterocycles. The topological polar surface area (TPSA) is 57.2 Å². The lowest BCUT2D eigenvalue weighted by Crippen LogP contribution is -2.63. The summed E-state index contributed by atoms with van der Waals surface area (Å²) in [5.74, 6) is 0.544. The van der Waals surface area contributed by atoms with Crippen LogP contribution in [-0.2, 0) is 18.9 Å². The molecular weight excluding hydrogens is 356 g/mol. The molecule has 3 rings (SSSR count). The molecule has 5 nitrogen and oxygen atoms in total. The lowest BCUT2D eigenvalue weighted by Gasteiger charge is -2.61. The molecule has 1 aliphatic heterocycles. The molecule has 1 saturated heterocycles. The number of methoxy groups -OCH3 is 3. The molecule has 1 unspecified atom stereocenters. The van der Waals surface area contributed by atoms with Crippen LogP contribution in [0, 0.1) is 22.7 Å². The van der Waals surface area contributed by atoms with E-state index >= 15 is 0 Å². The van der Waals surface area contributed by atoms with Gasteiger partial charge in [0.25, 0.3) is 0 Å². The Labute approximate surface area is 169 Å². The van der Waals surface area contributed by atoms with Gasteiger partial charge in [0.05, 0.1) is 17.6 Å². The quantitative estimate of drug-likeness (QED) is 0.527. The Hall–Kier alpha value is -0.980. The molecule has 0 amide bonds. The fourth-order valence-electron chi connectivity index (χ4n) is 6.12. The van der Waals surface area contributed by atoms with E-state index in [0.717, 1.165) is 30.4 Å². The van der Waals surface area contributed by atoms with Crippen molar-refractivity contribution in [3.63, 3.8) is 0 Å². The molecule has 0 bridgehead atoms. The van der Waals surface area contributed by atoms with Gasteiger partial charge in [-0.05, 0) is 48.5 Å². The summed E-state index contributed by atoms with van der Waals surface area (Å²) in [5, 5.41) is 10.8. The summed E-state index contributed by atoms with van der Waals surface area (Å²) in [7, 11) is 5.08. The van der Waals surface area contributed by atoms with Crippen molar-refractivity contribution >= 4 is 0 Å². The predicted molar refractivity (Wildman–Crippen MR) is 109 cm³/mol. The van der Waals surface area contributed by atoms with Crippen LogP contribution in [0.2, 0.25) is 0 Å². The Morgan fingerprint density at radius 3 is 2.57 bits per heavy atom. The second-order valence-electron chi connectivity index (χ2n) is 8.91. The van der Waals surface area contributed by atoms with Gasteiger partial charge in [-0.1, -0.05) is 44.7 Å². The zero-order valence-electron chi connectivity index (χ0n) is 17.9. The molecule has 1 N–H and O–H groups in total. The molecule has 1 heterocycles. The lowest BCUT2D eigenvalue weighted by molar-refractivity contribution is -0.257. The first-order chi connectivity index (χ1) is 13.3. The molecule has 3 aliphatic rings. The van der Waals surface area contributed by atoms with Gasteiger partial charge in [-0.15, -0.1) is 0 Å². The fraction of sp³-hybridized carbons (Fsp3) is 0.739. The van der Waals surface area contributed by atoms with Gasteiger partial charge in [-0.25, -0.2) is 0 Å². The summed E-state index contributed by atoms with van der Waals surface area (Å²) >= 11 is 0. The predicted octanol–water partition coefficient (Wildman–Crippen LogP) is 3.84. The van der Waals surface area contributed by atoms with Crippen LogP contribution >= 0.6 is 0 Å². The van der Waals surface area contributed by atoms with Gasteiger partial charge in [0.15, 0.2) is 12.6 Å². The summed E-state index contributed by atoms with van der Waals surface area (Å²) in [5.41, 5.74) is 1.51. The minimum Gasteiger partial charge on any atom is -0.389 e. The van der Waals surface area contributed by atoms with E-state index in [4.69, 9.17) is 18.9 Å². The van der Waals surface area contributed by atoms with Crippen LogP contribution in [0.3, 0.4) is 0 Å². The van der Waals surface area contributed by atoms with E-state index in [-0.39, 0.29) is 17.4 Å². The maximum atomic E-state index is 10.8. The SMILES string of the molecule is C=CC(=C)CC[C@]1(C)[C@H](C)C[C@H](OC)C23C(=C[C@@H](O)C[C@H]21)[C@@H](OC)O[C@H]3OC. The number of hydrogen-bond acceptors (Lipinski definition) is 5. The summed E-state index contributed by atoms with van der Waals surface area (Å²) in [6, 6.07) is 0. The van der Waals surface area contributed by atoms with Gasteiger partial charge < -0.3 is 24.1 Å². The van der Waals surface area contributed by atoms with Gasteiger partial charge in [-0.3, -0.25) is 0 Å². The van der Waals surface area contributed by atoms with Crippen molar-refractivity contribution in [1.29, 1.82) is 0 Å². The van der Waals surface area contributed by atoms with Crippen molar-refractivity contribution in [2.75, 3.05) is 21.3 Å². The van der Waals surface area contributed by atoms with Gasteiger partial charge in [0.2, 0.25) is 0 Å². The molecule has 8 atom stereocenters. The smallest absolute Gasteiger partial charge is 0.183 e. The Morgan fingerprint density at radius 1 is 1.29 bits per heavy atom. The lowest BCUT2D eigenvalue weighted by atomic mass is 9.45. The first-order valence-corrected chi connectivity index (χ1v) is 10.2. The van der Waals surface area contributed by atoms with E-state index in [1.54, 1.807) is 21.3 Å². The Kier molecular flexibility index (Phi) is 6.23. The third-order valence-corrected chi connectivity index (χ3v) is 7.83. The molecule has 158 valence electrons. The molecule has 28 heavy (non-hydrogen) atoms. The maximum absolute atomic E-state index is 10.8. The Balaban J connectivity index is 2.13. The third kappa shape index (κ3) is 3.03.